The Morgan fingerprint density at radius 3 is 2.56 bits per heavy atom. The molecular formula is C16H13N7O4. The molecule has 4 aromatic rings. The van der Waals surface area contributed by atoms with E-state index in [9.17, 15) is 14.9 Å². The van der Waals surface area contributed by atoms with Gasteiger partial charge in [-0.2, -0.15) is 5.10 Å². The van der Waals surface area contributed by atoms with Gasteiger partial charge in [0.25, 0.3) is 0 Å². The van der Waals surface area contributed by atoms with E-state index in [0.29, 0.717) is 23.6 Å². The third-order valence-electron chi connectivity index (χ3n) is 4.05. The summed E-state index contributed by atoms with van der Waals surface area (Å²) in [6, 6.07) is 9.93. The standard InChI is InChI=1S/C16H13N7O4/c1-2-22-16(24)21(9-17-22)11-5-3-10(4-6-11)18-12-7-8-13(23(25)26)15-14(12)19-27-20-15/h3-9,18H,2H2,1H3. The zero-order valence-corrected chi connectivity index (χ0v) is 14.1. The summed E-state index contributed by atoms with van der Waals surface area (Å²) >= 11 is 0. The first-order chi connectivity index (χ1) is 13.1. The van der Waals surface area contributed by atoms with E-state index >= 15 is 0 Å². The summed E-state index contributed by atoms with van der Waals surface area (Å²) in [6.45, 7) is 2.34. The Morgan fingerprint density at radius 1 is 1.15 bits per heavy atom. The number of aryl methyl sites for hydroxylation is 1. The van der Waals surface area contributed by atoms with E-state index in [0.717, 1.165) is 0 Å². The zero-order chi connectivity index (χ0) is 19.0. The first-order valence-electron chi connectivity index (χ1n) is 8.00. The van der Waals surface area contributed by atoms with Gasteiger partial charge in [0.05, 0.1) is 16.3 Å². The number of nitro groups is 1. The summed E-state index contributed by atoms with van der Waals surface area (Å²) in [5.74, 6) is 0. The van der Waals surface area contributed by atoms with Gasteiger partial charge >= 0.3 is 11.4 Å². The summed E-state index contributed by atoms with van der Waals surface area (Å²) in [7, 11) is 0. The SMILES string of the molecule is CCn1ncn(-c2ccc(Nc3ccc([N+](=O)[O-])c4nonc34)cc2)c1=O. The fourth-order valence-corrected chi connectivity index (χ4v) is 2.69. The van der Waals surface area contributed by atoms with Gasteiger partial charge in [0.15, 0.2) is 5.52 Å². The number of hydrogen-bond acceptors (Lipinski definition) is 8. The van der Waals surface area contributed by atoms with Crippen molar-refractivity contribution >= 4 is 28.1 Å². The predicted octanol–water partition coefficient (Wildman–Crippen LogP) is 2.24. The number of nitro benzene ring substituents is 1. The molecule has 0 amide bonds. The van der Waals surface area contributed by atoms with Crippen molar-refractivity contribution in [3.05, 3.63) is 63.3 Å². The molecule has 2 heterocycles. The van der Waals surface area contributed by atoms with Crippen LogP contribution in [0.25, 0.3) is 16.7 Å². The Morgan fingerprint density at radius 2 is 1.89 bits per heavy atom. The molecule has 0 saturated heterocycles. The number of benzene rings is 2. The molecule has 0 radical (unpaired) electrons. The van der Waals surface area contributed by atoms with Crippen molar-refractivity contribution in [2.75, 3.05) is 5.32 Å². The lowest BCUT2D eigenvalue weighted by Gasteiger charge is -2.07. The maximum absolute atomic E-state index is 12.1. The molecule has 0 bridgehead atoms. The number of anilines is 2. The molecule has 0 aliphatic carbocycles. The Balaban J connectivity index is 1.64. The Bertz CT molecular complexity index is 1190. The second-order valence-corrected chi connectivity index (χ2v) is 5.62. The number of rotatable bonds is 5. The first kappa shape index (κ1) is 16.4. The molecule has 0 aliphatic heterocycles. The normalized spacial score (nSPS) is 11.0. The van der Waals surface area contributed by atoms with Crippen LogP contribution >= 0.6 is 0 Å². The molecule has 11 nitrogen and oxygen atoms in total. The third kappa shape index (κ3) is 2.80. The van der Waals surface area contributed by atoms with Gasteiger partial charge in [0, 0.05) is 18.3 Å². The highest BCUT2D eigenvalue weighted by Crippen LogP contribution is 2.30. The molecule has 2 aromatic carbocycles. The summed E-state index contributed by atoms with van der Waals surface area (Å²) in [6.07, 6.45) is 1.47. The van der Waals surface area contributed by atoms with Gasteiger partial charge in [0.2, 0.25) is 5.52 Å². The van der Waals surface area contributed by atoms with Crippen LogP contribution in [0, 0.1) is 10.1 Å². The van der Waals surface area contributed by atoms with Crippen LogP contribution in [0.2, 0.25) is 0 Å². The first-order valence-corrected chi connectivity index (χ1v) is 8.00. The number of fused-ring (bicyclic) bond motifs is 1. The van der Waals surface area contributed by atoms with Gasteiger partial charge < -0.3 is 5.32 Å². The van der Waals surface area contributed by atoms with Crippen LogP contribution in [0.1, 0.15) is 6.92 Å². The summed E-state index contributed by atoms with van der Waals surface area (Å²) in [5.41, 5.74) is 1.81. The highest BCUT2D eigenvalue weighted by Gasteiger charge is 2.19. The fourth-order valence-electron chi connectivity index (χ4n) is 2.69. The van der Waals surface area contributed by atoms with Crippen molar-refractivity contribution in [2.24, 2.45) is 0 Å². The molecule has 4 rings (SSSR count). The Kier molecular flexibility index (Phi) is 3.88. The molecule has 0 atom stereocenters. The lowest BCUT2D eigenvalue weighted by atomic mass is 10.2. The van der Waals surface area contributed by atoms with Crippen molar-refractivity contribution < 1.29 is 9.55 Å². The van der Waals surface area contributed by atoms with E-state index in [1.54, 1.807) is 24.3 Å². The minimum Gasteiger partial charge on any atom is -0.354 e. The monoisotopic (exact) mass is 367 g/mol. The molecule has 0 unspecified atom stereocenters. The Hall–Kier alpha value is -4.02. The minimum absolute atomic E-state index is 0.0696. The molecule has 2 aromatic heterocycles. The topological polar surface area (TPSA) is 134 Å². The highest BCUT2D eigenvalue weighted by molar-refractivity contribution is 5.94. The van der Waals surface area contributed by atoms with Crippen molar-refractivity contribution in [3.8, 4) is 5.69 Å². The molecule has 0 fully saturated rings. The van der Waals surface area contributed by atoms with Crippen LogP contribution in [0.4, 0.5) is 17.1 Å². The zero-order valence-electron chi connectivity index (χ0n) is 14.1. The van der Waals surface area contributed by atoms with E-state index < -0.39 is 4.92 Å². The molecule has 11 heteroatoms. The highest BCUT2D eigenvalue weighted by atomic mass is 16.6. The van der Waals surface area contributed by atoms with E-state index in [2.05, 4.69) is 25.4 Å². The molecule has 1 N–H and O–H groups in total. The smallest absolute Gasteiger partial charge is 0.350 e. The number of nitrogens with one attached hydrogen (secondary N) is 1. The third-order valence-corrected chi connectivity index (χ3v) is 4.05. The molecule has 0 saturated carbocycles. The van der Waals surface area contributed by atoms with Crippen LogP contribution < -0.4 is 11.0 Å². The van der Waals surface area contributed by atoms with Crippen molar-refractivity contribution in [1.29, 1.82) is 0 Å². The molecular weight excluding hydrogens is 354 g/mol. The van der Waals surface area contributed by atoms with Crippen molar-refractivity contribution in [2.45, 2.75) is 13.5 Å². The fraction of sp³-hybridized carbons (Fsp3) is 0.125. The quantitative estimate of drug-likeness (QED) is 0.419. The average molecular weight is 367 g/mol. The summed E-state index contributed by atoms with van der Waals surface area (Å²) in [5, 5.41) is 25.5. The number of nitrogens with zero attached hydrogens (tertiary/aromatic N) is 6. The van der Waals surface area contributed by atoms with Crippen LogP contribution in [0.15, 0.2) is 52.1 Å². The van der Waals surface area contributed by atoms with Gasteiger partial charge in [-0.15, -0.1) is 0 Å². The maximum Gasteiger partial charge on any atom is 0.350 e. The number of aromatic nitrogens is 5. The molecule has 0 spiro atoms. The maximum atomic E-state index is 12.1. The average Bonchev–Trinajstić information content (AvgIpc) is 3.29. The van der Waals surface area contributed by atoms with E-state index in [4.69, 9.17) is 0 Å². The predicted molar refractivity (Wildman–Crippen MR) is 95.2 cm³/mol. The minimum atomic E-state index is -0.542. The lowest BCUT2D eigenvalue weighted by molar-refractivity contribution is -0.383. The van der Waals surface area contributed by atoms with E-state index in [1.165, 1.54) is 27.7 Å². The second kappa shape index (κ2) is 6.37. The van der Waals surface area contributed by atoms with Crippen LogP contribution in [-0.4, -0.2) is 29.6 Å². The van der Waals surface area contributed by atoms with Gasteiger partial charge in [-0.3, -0.25) is 10.1 Å². The van der Waals surface area contributed by atoms with Crippen LogP contribution in [-0.2, 0) is 6.54 Å². The second-order valence-electron chi connectivity index (χ2n) is 5.62. The van der Waals surface area contributed by atoms with Gasteiger partial charge in [-0.05, 0) is 47.6 Å². The van der Waals surface area contributed by atoms with Gasteiger partial charge in [0.1, 0.15) is 6.33 Å². The van der Waals surface area contributed by atoms with Crippen LogP contribution in [0.5, 0.6) is 0 Å². The van der Waals surface area contributed by atoms with E-state index in [-0.39, 0.29) is 22.4 Å². The molecule has 27 heavy (non-hydrogen) atoms. The Labute approximate surface area is 150 Å². The van der Waals surface area contributed by atoms with Crippen molar-refractivity contribution in [1.82, 2.24) is 24.7 Å². The van der Waals surface area contributed by atoms with Gasteiger partial charge in [-0.25, -0.2) is 18.7 Å². The largest absolute Gasteiger partial charge is 0.354 e. The van der Waals surface area contributed by atoms with Crippen molar-refractivity contribution in [3.63, 3.8) is 0 Å². The molecule has 0 aliphatic rings. The summed E-state index contributed by atoms with van der Waals surface area (Å²) in [4.78, 5) is 22.7. The summed E-state index contributed by atoms with van der Waals surface area (Å²) < 4.78 is 7.45. The molecule has 136 valence electrons. The van der Waals surface area contributed by atoms with Crippen LogP contribution in [0.3, 0.4) is 0 Å². The number of hydrogen-bond donors (Lipinski definition) is 1. The number of non-ortho nitro benzene ring substituents is 1. The van der Waals surface area contributed by atoms with E-state index in [1.807, 2.05) is 6.92 Å². The lowest BCUT2D eigenvalue weighted by Crippen LogP contribution is -2.23. The van der Waals surface area contributed by atoms with Gasteiger partial charge in [-0.1, -0.05) is 0 Å².